The van der Waals surface area contributed by atoms with Crippen molar-refractivity contribution in [3.63, 3.8) is 0 Å². The Morgan fingerprint density at radius 3 is 2.52 bits per heavy atom. The summed E-state index contributed by atoms with van der Waals surface area (Å²) in [5, 5.41) is 3.37. The molecule has 1 aromatic carbocycles. The highest BCUT2D eigenvalue weighted by Gasteiger charge is 2.41. The molecular weight excluding hydrogens is 616 g/mol. The van der Waals surface area contributed by atoms with Crippen molar-refractivity contribution in [2.24, 2.45) is 0 Å². The van der Waals surface area contributed by atoms with E-state index in [0.717, 1.165) is 26.0 Å². The van der Waals surface area contributed by atoms with E-state index in [9.17, 15) is 22.0 Å². The summed E-state index contributed by atoms with van der Waals surface area (Å²) in [6.07, 6.45) is -2.69. The number of nitrogens with two attached hydrogens (primary N) is 1. The maximum absolute atomic E-state index is 16.0. The van der Waals surface area contributed by atoms with Crippen LogP contribution in [0.2, 0.25) is 0 Å². The van der Waals surface area contributed by atoms with Crippen LogP contribution in [-0.2, 0) is 6.18 Å². The second-order valence-corrected chi connectivity index (χ2v) is 11.6. The number of nitrogen functional groups attached to an aromatic ring is 1. The lowest BCUT2D eigenvalue weighted by Crippen LogP contribution is -2.56. The Bertz CT molecular complexity index is 1580. The molecule has 9 nitrogen and oxygen atoms in total. The molecule has 4 atom stereocenters. The summed E-state index contributed by atoms with van der Waals surface area (Å²) in [6.45, 7) is 10.2. The van der Waals surface area contributed by atoms with Gasteiger partial charge < -0.3 is 25.4 Å². The minimum absolute atomic E-state index is 0.115. The Morgan fingerprint density at radius 2 is 1.85 bits per heavy atom. The molecule has 0 amide bonds. The first-order chi connectivity index (χ1) is 21.9. The van der Waals surface area contributed by atoms with Gasteiger partial charge in [0.15, 0.2) is 5.82 Å². The molecule has 252 valence electrons. The Morgan fingerprint density at radius 1 is 1.11 bits per heavy atom. The van der Waals surface area contributed by atoms with Crippen molar-refractivity contribution in [1.82, 2.24) is 25.2 Å². The third-order valence-electron chi connectivity index (χ3n) is 8.81. The van der Waals surface area contributed by atoms with Gasteiger partial charge >= 0.3 is 12.2 Å². The Labute approximate surface area is 263 Å². The molecule has 46 heavy (non-hydrogen) atoms. The molecule has 2 aromatic heterocycles. The van der Waals surface area contributed by atoms with Crippen molar-refractivity contribution >= 4 is 22.4 Å². The molecule has 4 aliphatic heterocycles. The number of pyridine rings is 1. The van der Waals surface area contributed by atoms with Crippen LogP contribution < -0.4 is 25.4 Å². The summed E-state index contributed by atoms with van der Waals surface area (Å²) >= 11 is 0. The monoisotopic (exact) mass is 655 g/mol. The zero-order chi connectivity index (χ0) is 33.5. The highest BCUT2D eigenvalue weighted by Crippen LogP contribution is 2.46. The van der Waals surface area contributed by atoms with Gasteiger partial charge in [0, 0.05) is 37.8 Å². The van der Waals surface area contributed by atoms with Crippen molar-refractivity contribution in [2.45, 2.75) is 77.5 Å². The van der Waals surface area contributed by atoms with E-state index in [1.54, 1.807) is 6.92 Å². The van der Waals surface area contributed by atoms with Crippen LogP contribution in [0.1, 0.15) is 51.2 Å². The van der Waals surface area contributed by atoms with Crippen molar-refractivity contribution in [1.29, 1.82) is 0 Å². The van der Waals surface area contributed by atoms with Gasteiger partial charge in [0.2, 0.25) is 5.88 Å². The van der Waals surface area contributed by atoms with Gasteiger partial charge in [-0.05, 0) is 51.3 Å². The minimum Gasteiger partial charge on any atom is -0.472 e. The fraction of sp³-hybridized carbons (Fsp3) is 0.581. The number of alkyl halides is 4. The molecule has 4 aliphatic rings. The summed E-state index contributed by atoms with van der Waals surface area (Å²) in [5.74, 6) is -2.22. The quantitative estimate of drug-likeness (QED) is 0.267. The molecule has 0 saturated carbocycles. The highest BCUT2D eigenvalue weighted by molar-refractivity contribution is 5.97. The Kier molecular flexibility index (Phi) is 9.73. The van der Waals surface area contributed by atoms with Crippen LogP contribution >= 0.6 is 0 Å². The summed E-state index contributed by atoms with van der Waals surface area (Å²) in [5.41, 5.74) is 1.15. The average Bonchev–Trinajstić information content (AvgIpc) is 3.58. The molecule has 4 unspecified atom stereocenters. The Hall–Kier alpha value is -3.59. The van der Waals surface area contributed by atoms with Gasteiger partial charge in [-0.25, -0.2) is 18.2 Å². The van der Waals surface area contributed by atoms with Crippen molar-refractivity contribution in [3.05, 3.63) is 28.8 Å². The first-order valence-corrected chi connectivity index (χ1v) is 15.5. The number of hydrogen-bond acceptors (Lipinski definition) is 9. The molecule has 0 radical (unpaired) electrons. The fourth-order valence-electron chi connectivity index (χ4n) is 6.73. The molecule has 0 spiro atoms. The van der Waals surface area contributed by atoms with E-state index in [4.69, 9.17) is 15.2 Å². The van der Waals surface area contributed by atoms with Crippen LogP contribution in [0.25, 0.3) is 22.2 Å². The zero-order valence-corrected chi connectivity index (χ0v) is 26.4. The second-order valence-electron chi connectivity index (χ2n) is 11.6. The number of benzene rings is 1. The van der Waals surface area contributed by atoms with E-state index in [0.29, 0.717) is 38.0 Å². The van der Waals surface area contributed by atoms with Gasteiger partial charge in [-0.2, -0.15) is 23.1 Å². The van der Waals surface area contributed by atoms with Gasteiger partial charge in [0.1, 0.15) is 40.5 Å². The average molecular weight is 656 g/mol. The number of hydrogen-bond donors (Lipinski definition) is 2. The smallest absolute Gasteiger partial charge is 0.417 e. The van der Waals surface area contributed by atoms with Gasteiger partial charge in [-0.15, -0.1) is 0 Å². The summed E-state index contributed by atoms with van der Waals surface area (Å²) < 4.78 is 96.1. The van der Waals surface area contributed by atoms with E-state index in [1.165, 1.54) is 20.0 Å². The molecule has 3 saturated heterocycles. The molecule has 3 fully saturated rings. The third kappa shape index (κ3) is 6.10. The molecule has 0 aliphatic carbocycles. The number of piperazine rings is 1. The van der Waals surface area contributed by atoms with Crippen molar-refractivity contribution in [2.75, 3.05) is 50.5 Å². The van der Waals surface area contributed by atoms with Crippen LogP contribution in [0, 0.1) is 18.6 Å². The Balaban J connectivity index is 0.000000320. The van der Waals surface area contributed by atoms with E-state index in [1.807, 2.05) is 18.7 Å². The van der Waals surface area contributed by atoms with Crippen LogP contribution in [0.5, 0.6) is 11.9 Å². The highest BCUT2D eigenvalue weighted by atomic mass is 19.4. The van der Waals surface area contributed by atoms with Crippen LogP contribution in [0.15, 0.2) is 6.07 Å². The zero-order valence-electron chi connectivity index (χ0n) is 26.4. The standard InChI is InChI=1S/C22H21F5N6O2.C7H12FN.C2H6/c1-8-14(22(25,26)27)10(6-11(28)15(8)23)17-16(24)18-13-19(32-21(31-18)34-3)33-5-4-29-7-12(33)9(2)35-20(13)30-17;8-6-4-7-2-1-3-9(7)5-6;1-2/h6,9,12,29H,4-5,7,28H2,1-3H3;6-7H,1-5H2;1-2H3. The topological polar surface area (TPSA) is 102 Å². The van der Waals surface area contributed by atoms with E-state index >= 15 is 4.39 Å². The van der Waals surface area contributed by atoms with Crippen LogP contribution in [-0.4, -0.2) is 84.0 Å². The summed E-state index contributed by atoms with van der Waals surface area (Å²) in [4.78, 5) is 16.9. The first kappa shape index (κ1) is 33.8. The molecule has 3 N–H and O–H groups in total. The number of nitrogens with one attached hydrogen (secondary N) is 1. The number of rotatable bonds is 2. The maximum atomic E-state index is 16.0. The van der Waals surface area contributed by atoms with E-state index in [-0.39, 0.29) is 28.8 Å². The minimum atomic E-state index is -5.01. The van der Waals surface area contributed by atoms with Crippen molar-refractivity contribution in [3.8, 4) is 23.1 Å². The van der Waals surface area contributed by atoms with Crippen LogP contribution in [0.4, 0.5) is 37.8 Å². The normalized spacial score (nSPS) is 23.8. The maximum Gasteiger partial charge on any atom is 0.417 e. The third-order valence-corrected chi connectivity index (χ3v) is 8.81. The summed E-state index contributed by atoms with van der Waals surface area (Å²) in [6, 6.07) is 0.941. The van der Waals surface area contributed by atoms with Gasteiger partial charge in [-0.1, -0.05) is 13.8 Å². The molecule has 3 aromatic rings. The first-order valence-electron chi connectivity index (χ1n) is 15.5. The fourth-order valence-corrected chi connectivity index (χ4v) is 6.73. The lowest BCUT2D eigenvalue weighted by molar-refractivity contribution is -0.137. The lowest BCUT2D eigenvalue weighted by atomic mass is 9.96. The number of methoxy groups -OCH3 is 1. The lowest BCUT2D eigenvalue weighted by Gasteiger charge is -2.38. The summed E-state index contributed by atoms with van der Waals surface area (Å²) in [7, 11) is 1.30. The number of fused-ring (bicyclic) bond motifs is 3. The largest absolute Gasteiger partial charge is 0.472 e. The number of nitrogens with zero attached hydrogens (tertiary/aromatic N) is 5. The number of ether oxygens (including phenoxy) is 2. The van der Waals surface area contributed by atoms with Crippen LogP contribution in [0.3, 0.4) is 0 Å². The predicted molar refractivity (Wildman–Crippen MR) is 163 cm³/mol. The number of aromatic nitrogens is 3. The SMILES string of the molecule is CC.COc1nc2c3c(nc(-c4cc(N)c(F)c(C)c4C(F)(F)F)c(F)c3n1)OC(C)C1CNCCN21.FC1CC2CCCN2C1. The van der Waals surface area contributed by atoms with Gasteiger partial charge in [0.25, 0.3) is 0 Å². The van der Waals surface area contributed by atoms with Gasteiger partial charge in [0.05, 0.1) is 24.4 Å². The molecule has 7 rings (SSSR count). The molecule has 0 bridgehead atoms. The number of anilines is 2. The molecule has 6 heterocycles. The van der Waals surface area contributed by atoms with Gasteiger partial charge in [-0.3, -0.25) is 4.90 Å². The van der Waals surface area contributed by atoms with E-state index in [2.05, 4.69) is 25.2 Å². The number of halogens is 6. The van der Waals surface area contributed by atoms with Crippen molar-refractivity contribution < 1.29 is 35.8 Å². The molecular formula is C31H39F6N7O2. The second kappa shape index (κ2) is 13.3. The predicted octanol–water partition coefficient (Wildman–Crippen LogP) is 5.67. The molecule has 15 heteroatoms. The van der Waals surface area contributed by atoms with E-state index < -0.39 is 58.2 Å².